The second kappa shape index (κ2) is 7.45. The van der Waals surface area contributed by atoms with Crippen LogP contribution in [0.15, 0.2) is 23.9 Å². The summed E-state index contributed by atoms with van der Waals surface area (Å²) in [6.45, 7) is 2.27. The molecule has 1 fully saturated rings. The number of ether oxygens (including phenoxy) is 2. The van der Waals surface area contributed by atoms with Crippen molar-refractivity contribution in [3.8, 4) is 5.75 Å². The Morgan fingerprint density at radius 3 is 2.92 bits per heavy atom. The summed E-state index contributed by atoms with van der Waals surface area (Å²) in [7, 11) is 1.54. The fourth-order valence-corrected chi connectivity index (χ4v) is 4.38. The smallest absolute Gasteiger partial charge is 0.365 e. The van der Waals surface area contributed by atoms with Crippen LogP contribution in [-0.4, -0.2) is 47.2 Å². The number of nitrogens with zero attached hydrogens (tertiary/aromatic N) is 2. The van der Waals surface area contributed by atoms with E-state index >= 15 is 0 Å². The van der Waals surface area contributed by atoms with Gasteiger partial charge in [-0.1, -0.05) is 6.07 Å². The average molecular weight is 376 g/mol. The molecule has 1 aliphatic heterocycles. The first-order valence-electron chi connectivity index (χ1n) is 8.41. The minimum absolute atomic E-state index is 0.155. The van der Waals surface area contributed by atoms with Gasteiger partial charge < -0.3 is 19.5 Å². The van der Waals surface area contributed by atoms with Crippen LogP contribution >= 0.6 is 11.3 Å². The molecule has 3 rings (SSSR count). The number of rotatable bonds is 6. The topological polar surface area (TPSA) is 89.0 Å². The number of hydrogen-bond acceptors (Lipinski definition) is 7. The molecule has 0 aliphatic carbocycles. The Labute approximate surface area is 154 Å². The summed E-state index contributed by atoms with van der Waals surface area (Å²) in [6, 6.07) is 5.45. The first kappa shape index (κ1) is 18.4. The SMILES string of the molecule is CCOC(C(=O)O)(c1nc2c(OC)cccc2s1)N1CCCCC1=C=O. The van der Waals surface area contributed by atoms with Gasteiger partial charge in [-0.15, -0.1) is 11.3 Å². The van der Waals surface area contributed by atoms with Crippen LogP contribution < -0.4 is 4.74 Å². The van der Waals surface area contributed by atoms with Crippen LogP contribution in [-0.2, 0) is 20.1 Å². The zero-order chi connectivity index (χ0) is 18.7. The van der Waals surface area contributed by atoms with Crippen LogP contribution in [0.1, 0.15) is 31.2 Å². The fraction of sp³-hybridized carbons (Fsp3) is 0.444. The van der Waals surface area contributed by atoms with Crippen LogP contribution in [0.4, 0.5) is 0 Å². The zero-order valence-electron chi connectivity index (χ0n) is 14.7. The number of carboxylic acids is 1. The molecule has 26 heavy (non-hydrogen) atoms. The van der Waals surface area contributed by atoms with Gasteiger partial charge in [0, 0.05) is 13.2 Å². The van der Waals surface area contributed by atoms with Gasteiger partial charge in [0.25, 0.3) is 5.72 Å². The minimum atomic E-state index is -1.85. The first-order valence-corrected chi connectivity index (χ1v) is 9.23. The van der Waals surface area contributed by atoms with E-state index in [1.165, 1.54) is 16.2 Å². The molecule has 0 spiro atoms. The summed E-state index contributed by atoms with van der Waals surface area (Å²) >= 11 is 1.23. The van der Waals surface area contributed by atoms with E-state index in [1.54, 1.807) is 20.1 Å². The van der Waals surface area contributed by atoms with Crippen molar-refractivity contribution in [2.24, 2.45) is 0 Å². The van der Waals surface area contributed by atoms with Gasteiger partial charge >= 0.3 is 5.97 Å². The lowest BCUT2D eigenvalue weighted by Crippen LogP contribution is -2.55. The Morgan fingerprint density at radius 1 is 1.46 bits per heavy atom. The number of carbonyl (C=O) groups excluding carboxylic acids is 1. The van der Waals surface area contributed by atoms with Gasteiger partial charge in [-0.05, 0) is 38.3 Å². The van der Waals surface area contributed by atoms with Gasteiger partial charge in [0.1, 0.15) is 22.9 Å². The van der Waals surface area contributed by atoms with Crippen molar-refractivity contribution in [3.63, 3.8) is 0 Å². The summed E-state index contributed by atoms with van der Waals surface area (Å²) < 4.78 is 11.9. The third-order valence-corrected chi connectivity index (χ3v) is 5.51. The maximum Gasteiger partial charge on any atom is 0.365 e. The average Bonchev–Trinajstić information content (AvgIpc) is 3.10. The van der Waals surface area contributed by atoms with Crippen molar-refractivity contribution in [1.29, 1.82) is 0 Å². The van der Waals surface area contributed by atoms with Gasteiger partial charge in [0.2, 0.25) is 0 Å². The molecule has 1 unspecified atom stereocenters. The molecular weight excluding hydrogens is 356 g/mol. The number of hydrogen-bond donors (Lipinski definition) is 1. The van der Waals surface area contributed by atoms with Crippen molar-refractivity contribution >= 4 is 33.5 Å². The Bertz CT molecular complexity index is 874. The zero-order valence-corrected chi connectivity index (χ0v) is 15.5. The van der Waals surface area contributed by atoms with Gasteiger partial charge in [0.05, 0.1) is 11.8 Å². The van der Waals surface area contributed by atoms with Gasteiger partial charge in [-0.2, -0.15) is 0 Å². The summed E-state index contributed by atoms with van der Waals surface area (Å²) in [6.07, 6.45) is 2.05. The number of aromatic nitrogens is 1. The van der Waals surface area contributed by atoms with E-state index in [0.717, 1.165) is 17.5 Å². The molecule has 0 amide bonds. The van der Waals surface area contributed by atoms with Crippen molar-refractivity contribution in [2.75, 3.05) is 20.3 Å². The third-order valence-electron chi connectivity index (χ3n) is 4.40. The number of thiazole rings is 1. The van der Waals surface area contributed by atoms with E-state index in [4.69, 9.17) is 9.47 Å². The van der Waals surface area contributed by atoms with Gasteiger partial charge in [-0.25, -0.2) is 14.6 Å². The molecule has 0 radical (unpaired) electrons. The standard InChI is InChI=1S/C18H20N2O5S/c1-3-25-18(17(22)23,20-10-5-4-7-12(20)11-21)16-19-15-13(24-2)8-6-9-14(15)26-16/h6,8-9H,3-5,7,10H2,1-2H3,(H,22,23). The van der Waals surface area contributed by atoms with Crippen LogP contribution in [0.3, 0.4) is 0 Å². The number of piperidine rings is 1. The second-order valence-electron chi connectivity index (χ2n) is 5.87. The second-order valence-corrected chi connectivity index (χ2v) is 6.90. The quantitative estimate of drug-likeness (QED) is 0.776. The van der Waals surface area contributed by atoms with Crippen LogP contribution in [0, 0.1) is 0 Å². The maximum atomic E-state index is 12.4. The highest BCUT2D eigenvalue weighted by molar-refractivity contribution is 7.18. The Hall–Kier alpha value is -2.41. The van der Waals surface area contributed by atoms with E-state index < -0.39 is 11.7 Å². The molecule has 8 heteroatoms. The van der Waals surface area contributed by atoms with E-state index in [9.17, 15) is 14.7 Å². The molecule has 0 bridgehead atoms. The van der Waals surface area contributed by atoms with Crippen molar-refractivity contribution in [3.05, 3.63) is 28.9 Å². The van der Waals surface area contributed by atoms with E-state index in [-0.39, 0.29) is 11.6 Å². The summed E-state index contributed by atoms with van der Waals surface area (Å²) in [5.41, 5.74) is -0.969. The third kappa shape index (κ3) is 2.86. The molecule has 138 valence electrons. The van der Waals surface area contributed by atoms with Crippen LogP contribution in [0.5, 0.6) is 5.75 Å². The maximum absolute atomic E-state index is 12.4. The Kier molecular flexibility index (Phi) is 5.27. The highest BCUT2D eigenvalue weighted by Gasteiger charge is 2.52. The number of likely N-dealkylation sites (tertiary alicyclic amines) is 1. The lowest BCUT2D eigenvalue weighted by atomic mass is 10.0. The number of para-hydroxylation sites is 1. The van der Waals surface area contributed by atoms with Crippen molar-refractivity contribution < 1.29 is 24.2 Å². The van der Waals surface area contributed by atoms with E-state index in [2.05, 4.69) is 4.98 Å². The number of benzene rings is 1. The molecule has 1 saturated heterocycles. The highest BCUT2D eigenvalue weighted by Crippen LogP contribution is 2.41. The molecule has 2 heterocycles. The van der Waals surface area contributed by atoms with Gasteiger partial charge in [-0.3, -0.25) is 0 Å². The minimum Gasteiger partial charge on any atom is -0.494 e. The largest absolute Gasteiger partial charge is 0.494 e. The number of carbonyl (C=O) groups is 1. The molecule has 1 aromatic carbocycles. The number of carboxylic acid groups (broad SMARTS) is 1. The number of fused-ring (bicyclic) bond motifs is 1. The molecule has 1 aliphatic rings. The van der Waals surface area contributed by atoms with Crippen molar-refractivity contribution in [1.82, 2.24) is 9.88 Å². The molecular formula is C18H20N2O5S. The molecule has 1 aromatic heterocycles. The Balaban J connectivity index is 2.24. The number of allylic oxidation sites excluding steroid dienone is 1. The highest BCUT2D eigenvalue weighted by atomic mass is 32.1. The molecule has 7 nitrogen and oxygen atoms in total. The molecule has 1 N–H and O–H groups in total. The predicted octanol–water partition coefficient (Wildman–Crippen LogP) is 2.78. The summed E-state index contributed by atoms with van der Waals surface area (Å²) in [4.78, 5) is 29.9. The monoisotopic (exact) mass is 376 g/mol. The van der Waals surface area contributed by atoms with Crippen LogP contribution in [0.25, 0.3) is 10.2 Å². The number of aliphatic carboxylic acids is 1. The predicted molar refractivity (Wildman–Crippen MR) is 96.9 cm³/mol. The molecule has 0 saturated carbocycles. The van der Waals surface area contributed by atoms with Gasteiger partial charge in [0.15, 0.2) is 5.01 Å². The van der Waals surface area contributed by atoms with E-state index in [0.29, 0.717) is 29.9 Å². The summed E-state index contributed by atoms with van der Waals surface area (Å²) in [5.74, 6) is 1.26. The number of methoxy groups -OCH3 is 1. The lowest BCUT2D eigenvalue weighted by molar-refractivity contribution is -0.197. The molecule has 1 atom stereocenters. The van der Waals surface area contributed by atoms with E-state index in [1.807, 2.05) is 18.1 Å². The summed E-state index contributed by atoms with van der Waals surface area (Å²) in [5, 5.41) is 10.4. The fourth-order valence-electron chi connectivity index (χ4n) is 3.25. The normalized spacial score (nSPS) is 17.0. The molecule has 2 aromatic rings. The first-order chi connectivity index (χ1) is 12.6. The van der Waals surface area contributed by atoms with Crippen molar-refractivity contribution in [2.45, 2.75) is 31.9 Å². The van der Waals surface area contributed by atoms with Crippen LogP contribution in [0.2, 0.25) is 0 Å². The Morgan fingerprint density at radius 2 is 2.27 bits per heavy atom. The lowest BCUT2D eigenvalue weighted by Gasteiger charge is -2.42.